The van der Waals surface area contributed by atoms with E-state index >= 15 is 0 Å². The number of ether oxygens (including phenoxy) is 2. The summed E-state index contributed by atoms with van der Waals surface area (Å²) >= 11 is 0. The van der Waals surface area contributed by atoms with Crippen LogP contribution in [0.4, 0.5) is 5.69 Å². The molecular formula is C36H38N2O5. The summed E-state index contributed by atoms with van der Waals surface area (Å²) in [5.74, 6) is 1.10. The molecular weight excluding hydrogens is 540 g/mol. The molecule has 0 radical (unpaired) electrons. The van der Waals surface area contributed by atoms with Crippen LogP contribution in [0.1, 0.15) is 69.9 Å². The number of amides is 1. The fourth-order valence-corrected chi connectivity index (χ4v) is 6.41. The highest BCUT2D eigenvalue weighted by Gasteiger charge is 2.32. The predicted molar refractivity (Wildman–Crippen MR) is 169 cm³/mol. The molecule has 4 aromatic carbocycles. The van der Waals surface area contributed by atoms with E-state index in [4.69, 9.17) is 9.47 Å². The molecule has 1 aliphatic carbocycles. The van der Waals surface area contributed by atoms with E-state index < -0.39 is 5.97 Å². The van der Waals surface area contributed by atoms with Crippen LogP contribution < -0.4 is 14.4 Å². The average molecular weight is 579 g/mol. The zero-order valence-electron chi connectivity index (χ0n) is 24.8. The molecule has 1 aliphatic heterocycles. The first-order valence-corrected chi connectivity index (χ1v) is 15.1. The number of hydrogen-bond acceptors (Lipinski definition) is 5. The fourth-order valence-electron chi connectivity index (χ4n) is 6.41. The molecule has 1 N–H and O–H groups in total. The third kappa shape index (κ3) is 5.89. The van der Waals surface area contributed by atoms with E-state index in [0.29, 0.717) is 18.0 Å². The number of carboxylic acids is 1. The maximum atomic E-state index is 14.3. The number of benzene rings is 4. The number of carbonyl (C=O) groups is 2. The molecule has 43 heavy (non-hydrogen) atoms. The number of nitrogens with zero attached hydrogens (tertiary/aromatic N) is 2. The van der Waals surface area contributed by atoms with Gasteiger partial charge in [0.2, 0.25) is 0 Å². The van der Waals surface area contributed by atoms with E-state index in [2.05, 4.69) is 23.1 Å². The van der Waals surface area contributed by atoms with Gasteiger partial charge in [-0.05, 0) is 96.5 Å². The summed E-state index contributed by atoms with van der Waals surface area (Å²) in [6.45, 7) is 1.89. The third-order valence-corrected chi connectivity index (χ3v) is 9.18. The maximum absolute atomic E-state index is 14.3. The second-order valence-electron chi connectivity index (χ2n) is 11.6. The standard InChI is InChI=1S/C36H38N2O5/c1-42-33-21-29(24-8-5-9-24)22-34(43-2)32(33)23-38(35(39)28-11-10-25-6-3-4-7-27(25)20-28)31-16-18-37(19-17-31)30-14-12-26(13-15-30)36(40)41/h3-4,6-7,10-15,20-22,24,31H,5,8-9,16-19,23H2,1-2H3,(H,40,41). The van der Waals surface area contributed by atoms with E-state index in [9.17, 15) is 14.7 Å². The fraction of sp³-hybridized carbons (Fsp3) is 0.333. The van der Waals surface area contributed by atoms with Crippen molar-refractivity contribution in [2.75, 3.05) is 32.2 Å². The number of fused-ring (bicyclic) bond motifs is 1. The first kappa shape index (κ1) is 28.6. The van der Waals surface area contributed by atoms with Gasteiger partial charge in [-0.15, -0.1) is 0 Å². The molecule has 4 aromatic rings. The van der Waals surface area contributed by atoms with Crippen LogP contribution in [0.5, 0.6) is 11.5 Å². The molecule has 2 aliphatic rings. The lowest BCUT2D eigenvalue weighted by Gasteiger charge is -2.40. The number of aromatic carboxylic acids is 1. The van der Waals surface area contributed by atoms with Crippen LogP contribution >= 0.6 is 0 Å². The minimum atomic E-state index is -0.931. The SMILES string of the molecule is COc1cc(C2CCC2)cc(OC)c1CN(C(=O)c1ccc2ccccc2c1)C1CCN(c2ccc(C(=O)O)cc2)CC1. The van der Waals surface area contributed by atoms with Crippen LogP contribution in [0, 0.1) is 0 Å². The quantitative estimate of drug-likeness (QED) is 0.228. The molecule has 1 saturated carbocycles. The second-order valence-corrected chi connectivity index (χ2v) is 11.6. The number of rotatable bonds is 9. The molecule has 0 bridgehead atoms. The highest BCUT2D eigenvalue weighted by molar-refractivity contribution is 5.99. The number of piperidine rings is 1. The molecule has 0 spiro atoms. The van der Waals surface area contributed by atoms with Gasteiger partial charge in [0.05, 0.1) is 31.9 Å². The van der Waals surface area contributed by atoms with Gasteiger partial charge in [-0.2, -0.15) is 0 Å². The van der Waals surface area contributed by atoms with Crippen LogP contribution in [0.3, 0.4) is 0 Å². The van der Waals surface area contributed by atoms with Gasteiger partial charge in [-0.1, -0.05) is 36.8 Å². The van der Waals surface area contributed by atoms with Gasteiger partial charge in [0.15, 0.2) is 0 Å². The first-order chi connectivity index (χ1) is 20.9. The third-order valence-electron chi connectivity index (χ3n) is 9.18. The Kier molecular flexibility index (Phi) is 8.23. The Hall–Kier alpha value is -4.52. The molecule has 1 heterocycles. The highest BCUT2D eigenvalue weighted by atomic mass is 16.5. The van der Waals surface area contributed by atoms with E-state index in [1.807, 2.05) is 53.4 Å². The van der Waals surface area contributed by atoms with Crippen molar-refractivity contribution >= 4 is 28.3 Å². The zero-order valence-corrected chi connectivity index (χ0v) is 24.8. The summed E-state index contributed by atoms with van der Waals surface area (Å²) in [4.78, 5) is 29.9. The van der Waals surface area contributed by atoms with Crippen LogP contribution in [-0.2, 0) is 6.54 Å². The lowest BCUT2D eigenvalue weighted by atomic mass is 9.79. The average Bonchev–Trinajstić information content (AvgIpc) is 3.02. The van der Waals surface area contributed by atoms with Crippen molar-refractivity contribution in [3.8, 4) is 11.5 Å². The normalized spacial score (nSPS) is 15.6. The summed E-state index contributed by atoms with van der Waals surface area (Å²) in [6, 6.07) is 25.3. The Morgan fingerprint density at radius 1 is 0.814 bits per heavy atom. The van der Waals surface area contributed by atoms with Crippen molar-refractivity contribution in [2.24, 2.45) is 0 Å². The van der Waals surface area contributed by atoms with Crippen molar-refractivity contribution in [1.82, 2.24) is 4.90 Å². The molecule has 2 fully saturated rings. The zero-order chi connectivity index (χ0) is 29.9. The molecule has 222 valence electrons. The summed E-state index contributed by atoms with van der Waals surface area (Å²) in [5, 5.41) is 11.4. The van der Waals surface area contributed by atoms with E-state index in [0.717, 1.165) is 59.5 Å². The summed E-state index contributed by atoms with van der Waals surface area (Å²) in [5.41, 5.74) is 4.05. The van der Waals surface area contributed by atoms with Crippen molar-refractivity contribution in [1.29, 1.82) is 0 Å². The molecule has 6 rings (SSSR count). The molecule has 0 unspecified atom stereocenters. The predicted octanol–water partition coefficient (Wildman–Crippen LogP) is 7.13. The maximum Gasteiger partial charge on any atom is 0.335 e. The number of hydrogen-bond donors (Lipinski definition) is 1. The molecule has 0 atom stereocenters. The van der Waals surface area contributed by atoms with Crippen LogP contribution in [0.25, 0.3) is 10.8 Å². The molecule has 1 saturated heterocycles. The monoisotopic (exact) mass is 578 g/mol. The lowest BCUT2D eigenvalue weighted by molar-refractivity contribution is 0.0626. The number of carboxylic acid groups (broad SMARTS) is 1. The van der Waals surface area contributed by atoms with Crippen LogP contribution in [-0.4, -0.2) is 55.2 Å². The number of carbonyl (C=O) groups excluding carboxylic acids is 1. The molecule has 7 nitrogen and oxygen atoms in total. The molecule has 1 amide bonds. The summed E-state index contributed by atoms with van der Waals surface area (Å²) in [7, 11) is 3.37. The topological polar surface area (TPSA) is 79.3 Å². The Morgan fingerprint density at radius 3 is 2.02 bits per heavy atom. The van der Waals surface area contributed by atoms with Gasteiger partial charge in [0, 0.05) is 30.4 Å². The number of anilines is 1. The van der Waals surface area contributed by atoms with Gasteiger partial charge in [0.25, 0.3) is 5.91 Å². The van der Waals surface area contributed by atoms with E-state index in [1.54, 1.807) is 26.4 Å². The Bertz CT molecular complexity index is 1600. The van der Waals surface area contributed by atoms with Gasteiger partial charge in [0.1, 0.15) is 11.5 Å². The van der Waals surface area contributed by atoms with E-state index in [1.165, 1.54) is 24.8 Å². The Labute approximate surface area is 252 Å². The van der Waals surface area contributed by atoms with E-state index in [-0.39, 0.29) is 17.5 Å². The van der Waals surface area contributed by atoms with Crippen molar-refractivity contribution < 1.29 is 24.2 Å². The first-order valence-electron chi connectivity index (χ1n) is 15.1. The van der Waals surface area contributed by atoms with Gasteiger partial charge in [-0.25, -0.2) is 4.79 Å². The summed E-state index contributed by atoms with van der Waals surface area (Å²) in [6.07, 6.45) is 5.16. The van der Waals surface area contributed by atoms with Gasteiger partial charge >= 0.3 is 5.97 Å². The molecule has 0 aromatic heterocycles. The van der Waals surface area contributed by atoms with Crippen LogP contribution in [0.2, 0.25) is 0 Å². The Balaban J connectivity index is 1.30. The van der Waals surface area contributed by atoms with Gasteiger partial charge < -0.3 is 24.4 Å². The largest absolute Gasteiger partial charge is 0.496 e. The van der Waals surface area contributed by atoms with Crippen LogP contribution in [0.15, 0.2) is 78.9 Å². The molecule has 7 heteroatoms. The second kappa shape index (κ2) is 12.4. The van der Waals surface area contributed by atoms with Crippen molar-refractivity contribution in [3.63, 3.8) is 0 Å². The smallest absolute Gasteiger partial charge is 0.335 e. The number of methoxy groups -OCH3 is 2. The van der Waals surface area contributed by atoms with Crippen molar-refractivity contribution in [3.05, 3.63) is 101 Å². The Morgan fingerprint density at radius 2 is 1.44 bits per heavy atom. The minimum Gasteiger partial charge on any atom is -0.496 e. The highest BCUT2D eigenvalue weighted by Crippen LogP contribution is 2.42. The summed E-state index contributed by atoms with van der Waals surface area (Å²) < 4.78 is 11.8. The lowest BCUT2D eigenvalue weighted by Crippen LogP contribution is -2.47. The van der Waals surface area contributed by atoms with Crippen molar-refractivity contribution in [2.45, 2.75) is 50.6 Å². The minimum absolute atomic E-state index is 0.00855. The van der Waals surface area contributed by atoms with Gasteiger partial charge in [-0.3, -0.25) is 4.79 Å².